The van der Waals surface area contributed by atoms with Crippen LogP contribution in [0.1, 0.15) is 16.8 Å². The van der Waals surface area contributed by atoms with E-state index in [4.69, 9.17) is 4.74 Å². The van der Waals surface area contributed by atoms with Gasteiger partial charge in [0.15, 0.2) is 0 Å². The molecule has 0 saturated heterocycles. The van der Waals surface area contributed by atoms with Gasteiger partial charge in [-0.05, 0) is 36.8 Å². The van der Waals surface area contributed by atoms with Crippen molar-refractivity contribution >= 4 is 33.3 Å². The van der Waals surface area contributed by atoms with E-state index >= 15 is 0 Å². The minimum atomic E-state index is -0.186. The number of hydrogen-bond acceptors (Lipinski definition) is 4. The molecule has 22 heavy (non-hydrogen) atoms. The fourth-order valence-corrected chi connectivity index (χ4v) is 2.24. The van der Waals surface area contributed by atoms with Crippen molar-refractivity contribution in [3.63, 3.8) is 0 Å². The highest BCUT2D eigenvalue weighted by Gasteiger charge is 2.07. The van der Waals surface area contributed by atoms with Crippen molar-refractivity contribution in [2.75, 3.05) is 30.9 Å². The maximum atomic E-state index is 12.1. The number of methoxy groups -OCH3 is 1. The number of carbonyl (C=O) groups is 1. The maximum absolute atomic E-state index is 12.1. The van der Waals surface area contributed by atoms with Gasteiger partial charge in [-0.3, -0.25) is 4.79 Å². The van der Waals surface area contributed by atoms with Gasteiger partial charge in [0.2, 0.25) is 0 Å². The van der Waals surface area contributed by atoms with Gasteiger partial charge in [0.25, 0.3) is 5.91 Å². The zero-order valence-electron chi connectivity index (χ0n) is 12.3. The molecule has 0 radical (unpaired) electrons. The second-order valence-corrected chi connectivity index (χ2v) is 5.59. The molecule has 1 amide bonds. The summed E-state index contributed by atoms with van der Waals surface area (Å²) in [5, 5.41) is 6.01. The molecule has 2 aromatic rings. The number of carbonyl (C=O) groups excluding carboxylic acids is 1. The minimum Gasteiger partial charge on any atom is -0.385 e. The van der Waals surface area contributed by atoms with Crippen molar-refractivity contribution in [1.29, 1.82) is 0 Å². The van der Waals surface area contributed by atoms with Gasteiger partial charge < -0.3 is 15.4 Å². The number of nitrogens with one attached hydrogen (secondary N) is 2. The van der Waals surface area contributed by atoms with Crippen molar-refractivity contribution in [1.82, 2.24) is 4.98 Å². The summed E-state index contributed by atoms with van der Waals surface area (Å²) < 4.78 is 5.85. The smallest absolute Gasteiger partial charge is 0.256 e. The molecule has 1 aromatic carbocycles. The van der Waals surface area contributed by atoms with Gasteiger partial charge in [-0.15, -0.1) is 0 Å². The molecule has 0 aliphatic rings. The lowest BCUT2D eigenvalue weighted by atomic mass is 10.2. The summed E-state index contributed by atoms with van der Waals surface area (Å²) in [6.45, 7) is 1.54. The van der Waals surface area contributed by atoms with Crippen molar-refractivity contribution in [3.05, 3.63) is 52.6 Å². The van der Waals surface area contributed by atoms with Gasteiger partial charge in [-0.1, -0.05) is 22.0 Å². The van der Waals surface area contributed by atoms with E-state index in [0.29, 0.717) is 11.4 Å². The van der Waals surface area contributed by atoms with Crippen molar-refractivity contribution in [2.24, 2.45) is 0 Å². The number of amides is 1. The summed E-state index contributed by atoms with van der Waals surface area (Å²) in [7, 11) is 1.68. The first-order valence-corrected chi connectivity index (χ1v) is 7.74. The average Bonchev–Trinajstić information content (AvgIpc) is 2.53. The number of ether oxygens (including phenoxy) is 1. The first kappa shape index (κ1) is 16.5. The Hall–Kier alpha value is -1.92. The fraction of sp³-hybridized carbons (Fsp3) is 0.250. The lowest BCUT2D eigenvalue weighted by Gasteiger charge is -2.08. The Labute approximate surface area is 138 Å². The number of anilines is 2. The van der Waals surface area contributed by atoms with Crippen molar-refractivity contribution in [3.8, 4) is 0 Å². The van der Waals surface area contributed by atoms with Crippen LogP contribution < -0.4 is 10.6 Å². The molecule has 5 nitrogen and oxygen atoms in total. The highest BCUT2D eigenvalue weighted by atomic mass is 79.9. The van der Waals surface area contributed by atoms with Crippen LogP contribution in [0.2, 0.25) is 0 Å². The molecule has 0 atom stereocenters. The third-order valence-corrected chi connectivity index (χ3v) is 3.44. The standard InChI is InChI=1S/C16H18BrN3O2/c1-22-9-3-8-18-14-6-7-15(19-11-14)20-16(21)12-4-2-5-13(17)10-12/h2,4-7,10-11,18H,3,8-9H2,1H3,(H,19,20,21). The number of pyridine rings is 1. The largest absolute Gasteiger partial charge is 0.385 e. The van der Waals surface area contributed by atoms with Gasteiger partial charge in [0.05, 0.1) is 11.9 Å². The molecule has 6 heteroatoms. The van der Waals surface area contributed by atoms with Gasteiger partial charge in [-0.25, -0.2) is 4.98 Å². The van der Waals surface area contributed by atoms with E-state index < -0.39 is 0 Å². The summed E-state index contributed by atoms with van der Waals surface area (Å²) in [5.74, 6) is 0.335. The molecule has 2 rings (SSSR count). The number of halogens is 1. The summed E-state index contributed by atoms with van der Waals surface area (Å²) in [5.41, 5.74) is 1.49. The summed E-state index contributed by atoms with van der Waals surface area (Å²) in [4.78, 5) is 16.3. The van der Waals surface area contributed by atoms with E-state index in [9.17, 15) is 4.79 Å². The molecule has 2 N–H and O–H groups in total. The third-order valence-electron chi connectivity index (χ3n) is 2.95. The Kier molecular flexibility index (Phi) is 6.36. The van der Waals surface area contributed by atoms with E-state index in [0.717, 1.165) is 29.7 Å². The summed E-state index contributed by atoms with van der Waals surface area (Å²) in [6, 6.07) is 10.9. The van der Waals surface area contributed by atoms with Crippen molar-refractivity contribution < 1.29 is 9.53 Å². The van der Waals surface area contributed by atoms with Crippen LogP contribution in [-0.4, -0.2) is 31.2 Å². The van der Waals surface area contributed by atoms with Gasteiger partial charge >= 0.3 is 0 Å². The number of rotatable bonds is 7. The third kappa shape index (κ3) is 5.13. The van der Waals surface area contributed by atoms with Gasteiger partial charge in [-0.2, -0.15) is 0 Å². The molecule has 0 unspecified atom stereocenters. The molecule has 0 fully saturated rings. The SMILES string of the molecule is COCCCNc1ccc(NC(=O)c2cccc(Br)c2)nc1. The summed E-state index contributed by atoms with van der Waals surface area (Å²) >= 11 is 3.35. The second-order valence-electron chi connectivity index (χ2n) is 4.67. The van der Waals surface area contributed by atoms with Crippen LogP contribution in [-0.2, 0) is 4.74 Å². The Balaban J connectivity index is 1.89. The first-order chi connectivity index (χ1) is 10.7. The lowest BCUT2D eigenvalue weighted by Crippen LogP contribution is -2.13. The van der Waals surface area contributed by atoms with Crippen LogP contribution in [0.4, 0.5) is 11.5 Å². The molecular formula is C16H18BrN3O2. The Morgan fingerprint density at radius 2 is 2.18 bits per heavy atom. The normalized spacial score (nSPS) is 10.3. The van der Waals surface area contributed by atoms with Gasteiger partial charge in [0, 0.05) is 30.3 Å². The number of aromatic nitrogens is 1. The molecule has 0 bridgehead atoms. The Bertz CT molecular complexity index is 617. The Morgan fingerprint density at radius 1 is 1.32 bits per heavy atom. The van der Waals surface area contributed by atoms with Crippen LogP contribution in [0.15, 0.2) is 47.1 Å². The van der Waals surface area contributed by atoms with Crippen LogP contribution in [0.3, 0.4) is 0 Å². The van der Waals surface area contributed by atoms with Crippen LogP contribution in [0, 0.1) is 0 Å². The maximum Gasteiger partial charge on any atom is 0.256 e. The van der Waals surface area contributed by atoms with E-state index in [-0.39, 0.29) is 5.91 Å². The van der Waals surface area contributed by atoms with Crippen LogP contribution in [0.5, 0.6) is 0 Å². The van der Waals surface area contributed by atoms with Crippen LogP contribution in [0.25, 0.3) is 0 Å². The average molecular weight is 364 g/mol. The van der Waals surface area contributed by atoms with E-state index in [1.54, 1.807) is 31.5 Å². The minimum absolute atomic E-state index is 0.186. The number of hydrogen-bond donors (Lipinski definition) is 2. The topological polar surface area (TPSA) is 63.2 Å². The second kappa shape index (κ2) is 8.51. The lowest BCUT2D eigenvalue weighted by molar-refractivity contribution is 0.102. The molecule has 0 saturated carbocycles. The molecule has 116 valence electrons. The molecular weight excluding hydrogens is 346 g/mol. The van der Waals surface area contributed by atoms with E-state index in [1.807, 2.05) is 18.2 Å². The zero-order chi connectivity index (χ0) is 15.8. The predicted molar refractivity (Wildman–Crippen MR) is 91.3 cm³/mol. The quantitative estimate of drug-likeness (QED) is 0.738. The highest BCUT2D eigenvalue weighted by molar-refractivity contribution is 9.10. The Morgan fingerprint density at radius 3 is 2.86 bits per heavy atom. The van der Waals surface area contributed by atoms with Crippen LogP contribution >= 0.6 is 15.9 Å². The molecule has 0 aliphatic carbocycles. The summed E-state index contributed by atoms with van der Waals surface area (Å²) in [6.07, 6.45) is 2.63. The number of nitrogens with zero attached hydrogens (tertiary/aromatic N) is 1. The fourth-order valence-electron chi connectivity index (χ4n) is 1.84. The monoisotopic (exact) mass is 363 g/mol. The van der Waals surface area contributed by atoms with Gasteiger partial charge in [0.1, 0.15) is 5.82 Å². The zero-order valence-corrected chi connectivity index (χ0v) is 13.9. The predicted octanol–water partition coefficient (Wildman–Crippen LogP) is 3.54. The van der Waals surface area contributed by atoms with E-state index in [2.05, 4.69) is 31.5 Å². The molecule has 0 spiro atoms. The number of benzene rings is 1. The van der Waals surface area contributed by atoms with E-state index in [1.165, 1.54) is 0 Å². The molecule has 0 aliphatic heterocycles. The first-order valence-electron chi connectivity index (χ1n) is 6.95. The molecule has 1 heterocycles. The highest BCUT2D eigenvalue weighted by Crippen LogP contribution is 2.14. The van der Waals surface area contributed by atoms with Crippen molar-refractivity contribution in [2.45, 2.75) is 6.42 Å². The molecule has 1 aromatic heterocycles.